The summed E-state index contributed by atoms with van der Waals surface area (Å²) < 4.78 is 0. The first-order chi connectivity index (χ1) is 8.44. The molecular weight excluding hydrogens is 220 g/mol. The Kier molecular flexibility index (Phi) is 5.80. The first-order valence-corrected chi connectivity index (χ1v) is 7.08. The third kappa shape index (κ3) is 5.18. The van der Waals surface area contributed by atoms with Gasteiger partial charge >= 0.3 is 0 Å². The number of aromatic nitrogens is 1. The van der Waals surface area contributed by atoms with Gasteiger partial charge in [0, 0.05) is 18.4 Å². The van der Waals surface area contributed by atoms with Gasteiger partial charge in [0.2, 0.25) is 0 Å². The summed E-state index contributed by atoms with van der Waals surface area (Å²) in [5.74, 6) is 0. The maximum atomic E-state index is 4.28. The van der Waals surface area contributed by atoms with Crippen molar-refractivity contribution in [1.29, 1.82) is 0 Å². The van der Waals surface area contributed by atoms with Crippen molar-refractivity contribution in [2.24, 2.45) is 5.41 Å². The van der Waals surface area contributed by atoms with Gasteiger partial charge in [0.25, 0.3) is 0 Å². The Bertz CT molecular complexity index is 352. The molecule has 102 valence electrons. The number of hydrogen-bond acceptors (Lipinski definition) is 2. The minimum Gasteiger partial charge on any atom is -0.310 e. The van der Waals surface area contributed by atoms with Crippen molar-refractivity contribution in [3.05, 3.63) is 29.6 Å². The van der Waals surface area contributed by atoms with Crippen LogP contribution in [0.5, 0.6) is 0 Å². The molecule has 1 rings (SSSR count). The second kappa shape index (κ2) is 6.89. The van der Waals surface area contributed by atoms with Crippen LogP contribution in [0.1, 0.15) is 64.1 Å². The summed E-state index contributed by atoms with van der Waals surface area (Å²) in [7, 11) is 0. The molecule has 0 aromatic carbocycles. The molecule has 0 saturated carbocycles. The molecule has 1 aromatic heterocycles. The van der Waals surface area contributed by atoms with Crippen molar-refractivity contribution in [1.82, 2.24) is 10.3 Å². The Balaban J connectivity index is 2.75. The molecule has 0 aliphatic heterocycles. The van der Waals surface area contributed by atoms with Gasteiger partial charge in [-0.1, -0.05) is 27.7 Å². The molecule has 1 N–H and O–H groups in total. The van der Waals surface area contributed by atoms with Gasteiger partial charge in [0.15, 0.2) is 0 Å². The topological polar surface area (TPSA) is 24.9 Å². The lowest BCUT2D eigenvalue weighted by atomic mass is 9.86. The normalized spacial score (nSPS) is 13.6. The maximum Gasteiger partial charge on any atom is 0.0338 e. The molecule has 0 amide bonds. The molecule has 2 nitrogen and oxygen atoms in total. The molecule has 18 heavy (non-hydrogen) atoms. The van der Waals surface area contributed by atoms with Crippen LogP contribution >= 0.6 is 0 Å². The molecule has 0 spiro atoms. The van der Waals surface area contributed by atoms with E-state index < -0.39 is 0 Å². The van der Waals surface area contributed by atoms with Gasteiger partial charge in [-0.15, -0.1) is 0 Å². The van der Waals surface area contributed by atoms with Crippen LogP contribution in [0.2, 0.25) is 0 Å². The van der Waals surface area contributed by atoms with E-state index in [0.29, 0.717) is 11.5 Å². The number of hydrogen-bond donors (Lipinski definition) is 1. The van der Waals surface area contributed by atoms with Crippen LogP contribution in [0, 0.1) is 12.3 Å². The Morgan fingerprint density at radius 1 is 1.33 bits per heavy atom. The van der Waals surface area contributed by atoms with Crippen LogP contribution in [0.4, 0.5) is 0 Å². The van der Waals surface area contributed by atoms with Crippen molar-refractivity contribution in [3.63, 3.8) is 0 Å². The van der Waals surface area contributed by atoms with Crippen molar-refractivity contribution in [3.8, 4) is 0 Å². The first kappa shape index (κ1) is 15.2. The molecule has 0 radical (unpaired) electrons. The minimum atomic E-state index is 0.391. The van der Waals surface area contributed by atoms with Crippen LogP contribution in [-0.2, 0) is 0 Å². The molecule has 0 aliphatic rings. The van der Waals surface area contributed by atoms with Gasteiger partial charge in [0.1, 0.15) is 0 Å². The summed E-state index contributed by atoms with van der Waals surface area (Å²) in [4.78, 5) is 4.28. The second-order valence-corrected chi connectivity index (χ2v) is 6.34. The van der Waals surface area contributed by atoms with Crippen molar-refractivity contribution >= 4 is 0 Å². The van der Waals surface area contributed by atoms with E-state index in [1.54, 1.807) is 0 Å². The van der Waals surface area contributed by atoms with Crippen molar-refractivity contribution in [2.45, 2.75) is 59.9 Å². The van der Waals surface area contributed by atoms with E-state index in [9.17, 15) is 0 Å². The standard InChI is InChI=1S/C16H28N2/c1-6-10-18-15(7-9-16(3,4)5)14-12-17-11-8-13(14)2/h8,11-12,15,18H,6-7,9-10H2,1-5H3. The van der Waals surface area contributed by atoms with E-state index in [0.717, 1.165) is 6.54 Å². The van der Waals surface area contributed by atoms with Gasteiger partial charge in [-0.2, -0.15) is 0 Å². The van der Waals surface area contributed by atoms with E-state index >= 15 is 0 Å². The van der Waals surface area contributed by atoms with E-state index in [2.05, 4.69) is 51.0 Å². The van der Waals surface area contributed by atoms with Crippen molar-refractivity contribution < 1.29 is 0 Å². The SMILES string of the molecule is CCCNC(CCC(C)(C)C)c1cnccc1C. The Morgan fingerprint density at radius 3 is 2.61 bits per heavy atom. The van der Waals surface area contributed by atoms with Crippen LogP contribution in [-0.4, -0.2) is 11.5 Å². The van der Waals surface area contributed by atoms with Crippen LogP contribution in [0.15, 0.2) is 18.5 Å². The zero-order valence-corrected chi connectivity index (χ0v) is 12.6. The van der Waals surface area contributed by atoms with E-state index in [1.807, 2.05) is 12.4 Å². The number of rotatable bonds is 6. The monoisotopic (exact) mass is 248 g/mol. The first-order valence-electron chi connectivity index (χ1n) is 7.08. The summed E-state index contributed by atoms with van der Waals surface area (Å²) in [6.45, 7) is 12.4. The third-order valence-corrected chi connectivity index (χ3v) is 3.28. The maximum absolute atomic E-state index is 4.28. The molecule has 1 aromatic rings. The largest absolute Gasteiger partial charge is 0.310 e. The summed E-state index contributed by atoms with van der Waals surface area (Å²) in [6.07, 6.45) is 7.47. The fourth-order valence-electron chi connectivity index (χ4n) is 2.10. The molecule has 1 unspecified atom stereocenters. The fourth-order valence-corrected chi connectivity index (χ4v) is 2.10. The minimum absolute atomic E-state index is 0.391. The van der Waals surface area contributed by atoms with Gasteiger partial charge in [0.05, 0.1) is 0 Å². The Labute approximate surface area is 112 Å². The summed E-state index contributed by atoms with van der Waals surface area (Å²) in [6, 6.07) is 2.55. The van der Waals surface area contributed by atoms with Crippen LogP contribution in [0.25, 0.3) is 0 Å². The molecule has 2 heteroatoms. The number of nitrogens with one attached hydrogen (secondary N) is 1. The summed E-state index contributed by atoms with van der Waals surface area (Å²) >= 11 is 0. The quantitative estimate of drug-likeness (QED) is 0.813. The smallest absolute Gasteiger partial charge is 0.0338 e. The van der Waals surface area contributed by atoms with Gasteiger partial charge < -0.3 is 5.32 Å². The van der Waals surface area contributed by atoms with Crippen LogP contribution < -0.4 is 5.32 Å². The van der Waals surface area contributed by atoms with Gasteiger partial charge in [-0.3, -0.25) is 4.98 Å². The van der Waals surface area contributed by atoms with Crippen molar-refractivity contribution in [2.75, 3.05) is 6.54 Å². The Morgan fingerprint density at radius 2 is 2.06 bits per heavy atom. The molecule has 0 aliphatic carbocycles. The molecule has 0 bridgehead atoms. The van der Waals surface area contributed by atoms with Crippen LogP contribution in [0.3, 0.4) is 0 Å². The highest BCUT2D eigenvalue weighted by Gasteiger charge is 2.17. The highest BCUT2D eigenvalue weighted by atomic mass is 14.9. The molecule has 1 atom stereocenters. The lowest BCUT2D eigenvalue weighted by molar-refractivity contribution is 0.331. The van der Waals surface area contributed by atoms with Gasteiger partial charge in [-0.25, -0.2) is 0 Å². The summed E-state index contributed by atoms with van der Waals surface area (Å²) in [5, 5.41) is 3.66. The summed E-state index contributed by atoms with van der Waals surface area (Å²) in [5.41, 5.74) is 3.09. The van der Waals surface area contributed by atoms with E-state index in [-0.39, 0.29) is 0 Å². The molecule has 0 fully saturated rings. The average Bonchev–Trinajstić information content (AvgIpc) is 2.29. The zero-order chi connectivity index (χ0) is 13.6. The zero-order valence-electron chi connectivity index (χ0n) is 12.6. The number of nitrogens with zero attached hydrogens (tertiary/aromatic N) is 1. The second-order valence-electron chi connectivity index (χ2n) is 6.34. The number of aryl methyl sites for hydroxylation is 1. The molecule has 0 saturated heterocycles. The predicted octanol–water partition coefficient (Wildman–Crippen LogP) is 4.26. The van der Waals surface area contributed by atoms with Gasteiger partial charge in [-0.05, 0) is 55.3 Å². The van der Waals surface area contributed by atoms with E-state index in [4.69, 9.17) is 0 Å². The van der Waals surface area contributed by atoms with E-state index in [1.165, 1.54) is 30.4 Å². The number of pyridine rings is 1. The Hall–Kier alpha value is -0.890. The lowest BCUT2D eigenvalue weighted by Crippen LogP contribution is -2.24. The fraction of sp³-hybridized carbons (Fsp3) is 0.688. The highest BCUT2D eigenvalue weighted by Crippen LogP contribution is 2.28. The predicted molar refractivity (Wildman–Crippen MR) is 78.7 cm³/mol. The third-order valence-electron chi connectivity index (χ3n) is 3.28. The molecule has 1 heterocycles. The highest BCUT2D eigenvalue weighted by molar-refractivity contribution is 5.25. The average molecular weight is 248 g/mol. The molecular formula is C16H28N2. The lowest BCUT2D eigenvalue weighted by Gasteiger charge is -2.25.